The fourth-order valence-corrected chi connectivity index (χ4v) is 10.7. The van der Waals surface area contributed by atoms with Gasteiger partial charge in [0, 0.05) is 24.2 Å². The lowest BCUT2D eigenvalue weighted by Crippen LogP contribution is -2.67. The summed E-state index contributed by atoms with van der Waals surface area (Å²) in [5.74, 6) is 0.154. The Labute approximate surface area is 397 Å². The molecule has 0 aromatic heterocycles. The minimum Gasteiger partial charge on any atom is -0.497 e. The average Bonchev–Trinajstić information content (AvgIpc) is 3.72. The molecule has 10 nitrogen and oxygen atoms in total. The van der Waals surface area contributed by atoms with Crippen LogP contribution in [-0.4, -0.2) is 64.9 Å². The Morgan fingerprint density at radius 3 is 1.36 bits per heavy atom. The van der Waals surface area contributed by atoms with Gasteiger partial charge < -0.3 is 14.2 Å². The largest absolute Gasteiger partial charge is 0.497 e. The van der Waals surface area contributed by atoms with Gasteiger partial charge >= 0.3 is 18.0 Å². The van der Waals surface area contributed by atoms with Gasteiger partial charge in [0.2, 0.25) is 0 Å². The van der Waals surface area contributed by atoms with Crippen LogP contribution < -0.4 is 9.47 Å². The van der Waals surface area contributed by atoms with Crippen molar-refractivity contribution in [1.82, 2.24) is 19.6 Å². The molecule has 3 fully saturated rings. The topological polar surface area (TPSA) is 91.9 Å². The summed E-state index contributed by atoms with van der Waals surface area (Å²) in [6, 6.07) is 41.8. The molecule has 0 N–H and O–H groups in total. The zero-order valence-corrected chi connectivity index (χ0v) is 40.0. The number of aryl methyl sites for hydroxylation is 2. The van der Waals surface area contributed by atoms with Crippen molar-refractivity contribution in [3.8, 4) is 11.5 Å². The van der Waals surface area contributed by atoms with E-state index >= 15 is 9.59 Å². The Morgan fingerprint density at radius 1 is 0.507 bits per heavy atom. The second-order valence-electron chi connectivity index (χ2n) is 18.5. The SMILES string of the molecule is CCCCCCCc1ccc(C23N(Cc4ccc(OC)cc4)C(=O)N4CC(C(=O)OCc5ccccc5)CN(C(=O)N2Cc2ccc(OC)cc2)C43c2ccc(CCCCCCC)cc2)cc1. The normalized spacial score (nSPS) is 19.8. The highest BCUT2D eigenvalue weighted by Gasteiger charge is 2.81. The van der Waals surface area contributed by atoms with Crippen LogP contribution in [0.2, 0.25) is 0 Å². The molecule has 352 valence electrons. The van der Waals surface area contributed by atoms with Crippen molar-refractivity contribution in [1.29, 1.82) is 0 Å². The third kappa shape index (κ3) is 9.37. The van der Waals surface area contributed by atoms with Crippen molar-refractivity contribution in [3.63, 3.8) is 0 Å². The van der Waals surface area contributed by atoms with Crippen molar-refractivity contribution < 1.29 is 28.6 Å². The fourth-order valence-electron chi connectivity index (χ4n) is 10.7. The summed E-state index contributed by atoms with van der Waals surface area (Å²) in [6.07, 6.45) is 13.7. The number of nitrogens with zero attached hydrogens (tertiary/aromatic N) is 4. The number of esters is 1. The first-order chi connectivity index (χ1) is 32.8. The van der Waals surface area contributed by atoms with Crippen molar-refractivity contribution >= 4 is 18.0 Å². The lowest BCUT2D eigenvalue weighted by molar-refractivity contribution is -0.159. The molecular formula is C57H68N4O6. The molecule has 8 rings (SSSR count). The van der Waals surface area contributed by atoms with E-state index in [1.807, 2.05) is 98.5 Å². The molecule has 10 heteroatoms. The lowest BCUT2D eigenvalue weighted by Gasteiger charge is -2.53. The molecule has 67 heavy (non-hydrogen) atoms. The number of ether oxygens (including phenoxy) is 3. The van der Waals surface area contributed by atoms with E-state index in [1.165, 1.54) is 62.5 Å². The number of benzene rings is 5. The van der Waals surface area contributed by atoms with E-state index in [-0.39, 0.29) is 44.8 Å². The van der Waals surface area contributed by atoms with Gasteiger partial charge in [-0.1, -0.05) is 168 Å². The highest BCUT2D eigenvalue weighted by atomic mass is 16.5. The molecule has 0 bridgehead atoms. The number of methoxy groups -OCH3 is 2. The highest BCUT2D eigenvalue weighted by Crippen LogP contribution is 2.64. The number of hydrogen-bond acceptors (Lipinski definition) is 6. The van der Waals surface area contributed by atoms with Gasteiger partial charge in [0.1, 0.15) is 18.1 Å². The summed E-state index contributed by atoms with van der Waals surface area (Å²) in [5, 5.41) is 0. The van der Waals surface area contributed by atoms with Gasteiger partial charge in [0.15, 0.2) is 11.3 Å². The first-order valence-corrected chi connectivity index (χ1v) is 24.6. The summed E-state index contributed by atoms with van der Waals surface area (Å²) in [5.41, 5.74) is 3.86. The van der Waals surface area contributed by atoms with E-state index in [4.69, 9.17) is 14.2 Å². The number of urea groups is 2. The Morgan fingerprint density at radius 2 is 0.925 bits per heavy atom. The monoisotopic (exact) mass is 905 g/mol. The Hall–Kier alpha value is -6.29. The fraction of sp³-hybridized carbons (Fsp3) is 0.421. The van der Waals surface area contributed by atoms with E-state index in [1.54, 1.807) is 14.2 Å². The number of carbonyl (C=O) groups excluding carboxylic acids is 3. The maximum atomic E-state index is 16.0. The van der Waals surface area contributed by atoms with Crippen LogP contribution in [0.25, 0.3) is 0 Å². The smallest absolute Gasteiger partial charge is 0.324 e. The average molecular weight is 905 g/mol. The van der Waals surface area contributed by atoms with E-state index in [0.29, 0.717) is 11.5 Å². The molecule has 3 saturated heterocycles. The zero-order chi connectivity index (χ0) is 46.8. The van der Waals surface area contributed by atoms with Crippen LogP contribution in [0.3, 0.4) is 0 Å². The molecule has 3 aliphatic heterocycles. The number of hydrogen-bond donors (Lipinski definition) is 0. The first-order valence-electron chi connectivity index (χ1n) is 24.6. The maximum Gasteiger partial charge on any atom is 0.324 e. The zero-order valence-electron chi connectivity index (χ0n) is 40.0. The first kappa shape index (κ1) is 47.2. The Balaban J connectivity index is 1.31. The van der Waals surface area contributed by atoms with Crippen LogP contribution in [0.15, 0.2) is 127 Å². The quantitative estimate of drug-likeness (QED) is 0.0479. The summed E-state index contributed by atoms with van der Waals surface area (Å²) in [4.78, 5) is 53.9. The molecule has 4 amide bonds. The Bertz CT molecular complexity index is 2330. The molecule has 0 unspecified atom stereocenters. The lowest BCUT2D eigenvalue weighted by atomic mass is 9.77. The van der Waals surface area contributed by atoms with Crippen molar-refractivity contribution in [2.45, 2.75) is 122 Å². The molecule has 0 aliphatic carbocycles. The predicted molar refractivity (Wildman–Crippen MR) is 262 cm³/mol. The van der Waals surface area contributed by atoms with Crippen LogP contribution >= 0.6 is 0 Å². The van der Waals surface area contributed by atoms with Crippen LogP contribution in [-0.2, 0) is 53.4 Å². The van der Waals surface area contributed by atoms with E-state index in [9.17, 15) is 4.79 Å². The number of amides is 4. The summed E-state index contributed by atoms with van der Waals surface area (Å²) >= 11 is 0. The number of rotatable bonds is 23. The standard InChI is InChI=1S/C57H68N4O6/c1-5-7-9-11-14-18-43-22-30-49(31-23-43)56-57(50-32-24-44(25-33-50)19-15-12-10-8-6-2)60(54(63)58(56)38-45-26-34-51(65-3)35-27-45)40-48(53(62)67-42-47-20-16-13-17-21-47)41-61(57)55(64)59(56)39-46-28-36-52(66-4)37-29-46/h13,16-17,20-37,48H,5-12,14-15,18-19,38-42H2,1-4H3. The Kier molecular flexibility index (Phi) is 15.2. The summed E-state index contributed by atoms with van der Waals surface area (Å²) in [7, 11) is 3.28. The van der Waals surface area contributed by atoms with E-state index in [2.05, 4.69) is 62.4 Å². The maximum absolute atomic E-state index is 16.0. The van der Waals surface area contributed by atoms with Crippen LogP contribution in [0.4, 0.5) is 9.59 Å². The molecule has 5 aromatic rings. The number of carbonyl (C=O) groups is 3. The van der Waals surface area contributed by atoms with Crippen LogP contribution in [0, 0.1) is 5.92 Å². The second-order valence-corrected chi connectivity index (χ2v) is 18.5. The molecule has 0 spiro atoms. The van der Waals surface area contributed by atoms with Gasteiger partial charge in [-0.3, -0.25) is 24.4 Å². The minimum absolute atomic E-state index is 0.0580. The van der Waals surface area contributed by atoms with Crippen molar-refractivity contribution in [3.05, 3.63) is 166 Å². The van der Waals surface area contributed by atoms with Gasteiger partial charge in [-0.05, 0) is 77.8 Å². The van der Waals surface area contributed by atoms with Gasteiger partial charge in [0.05, 0.1) is 33.2 Å². The number of unbranched alkanes of at least 4 members (excludes halogenated alkanes) is 8. The third-order valence-corrected chi connectivity index (χ3v) is 14.2. The van der Waals surface area contributed by atoms with Gasteiger partial charge in [-0.2, -0.15) is 0 Å². The van der Waals surface area contributed by atoms with Gasteiger partial charge in [-0.25, -0.2) is 9.59 Å². The van der Waals surface area contributed by atoms with Gasteiger partial charge in [-0.15, -0.1) is 0 Å². The summed E-state index contributed by atoms with van der Waals surface area (Å²) in [6.45, 7) is 5.03. The highest BCUT2D eigenvalue weighted by molar-refractivity contribution is 5.91. The third-order valence-electron chi connectivity index (χ3n) is 14.2. The molecule has 5 aromatic carbocycles. The van der Waals surface area contributed by atoms with Crippen molar-refractivity contribution in [2.75, 3.05) is 27.3 Å². The van der Waals surface area contributed by atoms with Crippen LogP contribution in [0.5, 0.6) is 11.5 Å². The van der Waals surface area contributed by atoms with Crippen LogP contribution in [0.1, 0.15) is 117 Å². The predicted octanol–water partition coefficient (Wildman–Crippen LogP) is 12.0. The summed E-state index contributed by atoms with van der Waals surface area (Å²) < 4.78 is 17.1. The molecule has 3 aliphatic rings. The molecule has 3 heterocycles. The van der Waals surface area contributed by atoms with Gasteiger partial charge in [0.25, 0.3) is 0 Å². The molecule has 0 radical (unpaired) electrons. The minimum atomic E-state index is -1.42. The molecule has 0 atom stereocenters. The molecule has 0 saturated carbocycles. The second kappa shape index (κ2) is 21.6. The van der Waals surface area contributed by atoms with Crippen molar-refractivity contribution in [2.24, 2.45) is 5.92 Å². The molecular weight excluding hydrogens is 837 g/mol. The van der Waals surface area contributed by atoms with E-state index < -0.39 is 23.2 Å². The van der Waals surface area contributed by atoms with E-state index in [0.717, 1.165) is 53.5 Å².